The summed E-state index contributed by atoms with van der Waals surface area (Å²) >= 11 is 0. The fraction of sp³-hybridized carbons (Fsp3) is 0.235. The van der Waals surface area contributed by atoms with Gasteiger partial charge in [0.2, 0.25) is 15.9 Å². The van der Waals surface area contributed by atoms with Crippen LogP contribution in [0.4, 0.5) is 24.5 Å². The summed E-state index contributed by atoms with van der Waals surface area (Å²) in [5.74, 6) is -4.17. The molecule has 13 heteroatoms. The molecule has 0 saturated carbocycles. The van der Waals surface area contributed by atoms with Gasteiger partial charge >= 0.3 is 0 Å². The summed E-state index contributed by atoms with van der Waals surface area (Å²) in [5.41, 5.74) is -1.17. The molecule has 3 aromatic rings. The van der Waals surface area contributed by atoms with Crippen LogP contribution in [0.2, 0.25) is 0 Å². The standard InChI is InChI=1S/C17H16F3N5O4S/c1-29-17-10-7-9(8-21-15(10)23-24-17)22-16(26)13-11(19)3-4-12(14(13)20)25-30(27,28)6-2-5-18/h3-4,7-8,25H,2,5-6H2,1H3,(H,22,26)(H,21,23,24). The number of nitrogens with one attached hydrogen (secondary N) is 3. The predicted octanol–water partition coefficient (Wildman–Crippen LogP) is 2.60. The number of methoxy groups -OCH3 is 1. The largest absolute Gasteiger partial charge is 0.479 e. The van der Waals surface area contributed by atoms with Gasteiger partial charge in [-0.2, -0.15) is 0 Å². The number of pyridine rings is 1. The highest BCUT2D eigenvalue weighted by molar-refractivity contribution is 7.92. The van der Waals surface area contributed by atoms with Crippen molar-refractivity contribution in [3.63, 3.8) is 0 Å². The van der Waals surface area contributed by atoms with Gasteiger partial charge in [0, 0.05) is 0 Å². The Bertz CT molecular complexity index is 1200. The molecule has 0 saturated heterocycles. The fourth-order valence-corrected chi connectivity index (χ4v) is 3.68. The maximum Gasteiger partial charge on any atom is 0.261 e. The summed E-state index contributed by atoms with van der Waals surface area (Å²) in [6.45, 7) is -0.875. The SMILES string of the molecule is COc1n[nH]c2ncc(NC(=O)c3c(F)ccc(NS(=O)(=O)CCCF)c3F)cc12. The quantitative estimate of drug-likeness (QED) is 0.491. The molecule has 0 unspecified atom stereocenters. The van der Waals surface area contributed by atoms with Crippen molar-refractivity contribution in [3.05, 3.63) is 41.6 Å². The van der Waals surface area contributed by atoms with Crippen LogP contribution in [0.5, 0.6) is 5.88 Å². The molecule has 0 atom stereocenters. The molecule has 1 aromatic carbocycles. The van der Waals surface area contributed by atoms with Gasteiger partial charge in [-0.25, -0.2) is 22.2 Å². The summed E-state index contributed by atoms with van der Waals surface area (Å²) in [6, 6.07) is 3.01. The number of aromatic nitrogens is 3. The van der Waals surface area contributed by atoms with Crippen molar-refractivity contribution in [1.29, 1.82) is 0 Å². The number of ether oxygens (including phenoxy) is 1. The minimum absolute atomic E-state index is 0.0972. The Morgan fingerprint density at radius 2 is 2.07 bits per heavy atom. The first kappa shape index (κ1) is 21.4. The zero-order valence-electron chi connectivity index (χ0n) is 15.5. The number of benzene rings is 1. The van der Waals surface area contributed by atoms with Crippen LogP contribution in [0, 0.1) is 11.6 Å². The molecular formula is C17H16F3N5O4S. The van der Waals surface area contributed by atoms with Crippen molar-refractivity contribution >= 4 is 38.3 Å². The van der Waals surface area contributed by atoms with Gasteiger partial charge in [-0.15, -0.1) is 5.10 Å². The second-order valence-corrected chi connectivity index (χ2v) is 7.90. The molecule has 30 heavy (non-hydrogen) atoms. The van der Waals surface area contributed by atoms with E-state index < -0.39 is 51.2 Å². The molecule has 9 nitrogen and oxygen atoms in total. The molecular weight excluding hydrogens is 427 g/mol. The number of rotatable bonds is 8. The predicted molar refractivity (Wildman–Crippen MR) is 103 cm³/mol. The van der Waals surface area contributed by atoms with E-state index in [2.05, 4.69) is 20.5 Å². The van der Waals surface area contributed by atoms with Gasteiger partial charge in [0.1, 0.15) is 11.4 Å². The van der Waals surface area contributed by atoms with E-state index in [1.54, 1.807) is 0 Å². The molecule has 0 fully saturated rings. The minimum Gasteiger partial charge on any atom is -0.479 e. The minimum atomic E-state index is -4.08. The number of amides is 1. The van der Waals surface area contributed by atoms with Crippen molar-refractivity contribution in [1.82, 2.24) is 15.2 Å². The Morgan fingerprint density at radius 1 is 1.30 bits per heavy atom. The number of H-pyrrole nitrogens is 1. The average Bonchev–Trinajstić information content (AvgIpc) is 3.11. The highest BCUT2D eigenvalue weighted by atomic mass is 32.2. The number of aromatic amines is 1. The monoisotopic (exact) mass is 443 g/mol. The Balaban J connectivity index is 1.88. The van der Waals surface area contributed by atoms with E-state index in [-0.39, 0.29) is 18.0 Å². The molecule has 1 amide bonds. The molecule has 2 heterocycles. The van der Waals surface area contributed by atoms with Crippen molar-refractivity contribution in [2.45, 2.75) is 6.42 Å². The third kappa shape index (κ3) is 4.45. The number of carbonyl (C=O) groups is 1. The molecule has 3 N–H and O–H groups in total. The summed E-state index contributed by atoms with van der Waals surface area (Å²) in [7, 11) is -2.70. The molecule has 3 rings (SSSR count). The van der Waals surface area contributed by atoms with Crippen LogP contribution in [-0.2, 0) is 10.0 Å². The molecule has 0 aliphatic heterocycles. The van der Waals surface area contributed by atoms with Gasteiger partial charge in [-0.3, -0.25) is 19.0 Å². The van der Waals surface area contributed by atoms with Gasteiger partial charge in [-0.1, -0.05) is 0 Å². The maximum absolute atomic E-state index is 14.7. The summed E-state index contributed by atoms with van der Waals surface area (Å²) in [5, 5.41) is 9.18. The number of hydrogen-bond acceptors (Lipinski definition) is 6. The number of nitrogens with zero attached hydrogens (tertiary/aromatic N) is 2. The highest BCUT2D eigenvalue weighted by Crippen LogP contribution is 2.26. The Kier molecular flexibility index (Phi) is 6.10. The zero-order valence-corrected chi connectivity index (χ0v) is 16.3. The first-order valence-corrected chi connectivity index (χ1v) is 10.1. The molecule has 0 aliphatic rings. The Morgan fingerprint density at radius 3 is 2.77 bits per heavy atom. The third-order valence-corrected chi connectivity index (χ3v) is 5.32. The lowest BCUT2D eigenvalue weighted by molar-refractivity contribution is 0.101. The summed E-state index contributed by atoms with van der Waals surface area (Å²) < 4.78 is 71.7. The Hall–Kier alpha value is -3.35. The second-order valence-electron chi connectivity index (χ2n) is 6.05. The Labute approximate surface area is 168 Å². The van der Waals surface area contributed by atoms with Crippen LogP contribution < -0.4 is 14.8 Å². The van der Waals surface area contributed by atoms with E-state index in [0.29, 0.717) is 11.0 Å². The first-order chi connectivity index (χ1) is 14.3. The number of hydrogen-bond donors (Lipinski definition) is 3. The van der Waals surface area contributed by atoms with Gasteiger partial charge in [0.25, 0.3) is 5.91 Å². The topological polar surface area (TPSA) is 126 Å². The molecule has 0 spiro atoms. The van der Waals surface area contributed by atoms with Crippen molar-refractivity contribution in [3.8, 4) is 5.88 Å². The third-order valence-electron chi connectivity index (χ3n) is 3.96. The molecule has 160 valence electrons. The molecule has 0 bridgehead atoms. The number of carbonyl (C=O) groups excluding carboxylic acids is 1. The number of fused-ring (bicyclic) bond motifs is 1. The van der Waals surface area contributed by atoms with Crippen LogP contribution in [0.15, 0.2) is 24.4 Å². The van der Waals surface area contributed by atoms with E-state index in [1.165, 1.54) is 19.4 Å². The summed E-state index contributed by atoms with van der Waals surface area (Å²) in [6.07, 6.45) is 0.940. The van der Waals surface area contributed by atoms with Crippen LogP contribution in [0.1, 0.15) is 16.8 Å². The average molecular weight is 443 g/mol. The van der Waals surface area contributed by atoms with Gasteiger partial charge in [-0.05, 0) is 24.6 Å². The van der Waals surface area contributed by atoms with Crippen molar-refractivity contribution in [2.75, 3.05) is 29.6 Å². The van der Waals surface area contributed by atoms with E-state index in [4.69, 9.17) is 4.74 Å². The van der Waals surface area contributed by atoms with Crippen LogP contribution in [-0.4, -0.2) is 49.0 Å². The van der Waals surface area contributed by atoms with E-state index in [1.807, 2.05) is 4.72 Å². The van der Waals surface area contributed by atoms with Gasteiger partial charge < -0.3 is 10.1 Å². The highest BCUT2D eigenvalue weighted by Gasteiger charge is 2.23. The maximum atomic E-state index is 14.7. The van der Waals surface area contributed by atoms with Crippen molar-refractivity contribution in [2.24, 2.45) is 0 Å². The fourth-order valence-electron chi connectivity index (χ4n) is 2.60. The normalized spacial score (nSPS) is 11.5. The second kappa shape index (κ2) is 8.57. The molecule has 0 aliphatic carbocycles. The smallest absolute Gasteiger partial charge is 0.261 e. The van der Waals surface area contributed by atoms with Crippen LogP contribution in [0.3, 0.4) is 0 Å². The van der Waals surface area contributed by atoms with Crippen LogP contribution >= 0.6 is 0 Å². The lowest BCUT2D eigenvalue weighted by Gasteiger charge is -2.12. The first-order valence-electron chi connectivity index (χ1n) is 8.49. The molecule has 2 aromatic heterocycles. The zero-order chi connectivity index (χ0) is 21.9. The van der Waals surface area contributed by atoms with Gasteiger partial charge in [0.05, 0.1) is 42.5 Å². The number of halogens is 3. The van der Waals surface area contributed by atoms with Crippen LogP contribution in [0.25, 0.3) is 11.0 Å². The summed E-state index contributed by atoms with van der Waals surface area (Å²) in [4.78, 5) is 16.5. The lowest BCUT2D eigenvalue weighted by atomic mass is 10.1. The van der Waals surface area contributed by atoms with E-state index >= 15 is 0 Å². The van der Waals surface area contributed by atoms with Crippen molar-refractivity contribution < 1.29 is 31.1 Å². The number of sulfonamides is 1. The van der Waals surface area contributed by atoms with E-state index in [9.17, 15) is 26.4 Å². The molecule has 0 radical (unpaired) electrons. The lowest BCUT2D eigenvalue weighted by Crippen LogP contribution is -2.21. The van der Waals surface area contributed by atoms with Gasteiger partial charge in [0.15, 0.2) is 11.5 Å². The number of alkyl halides is 1. The van der Waals surface area contributed by atoms with E-state index in [0.717, 1.165) is 12.1 Å². The number of anilines is 2.